The number of carbonyl (C=O) groups excluding carboxylic acids is 2. The summed E-state index contributed by atoms with van der Waals surface area (Å²) in [5, 5.41) is 5.41. The summed E-state index contributed by atoms with van der Waals surface area (Å²) in [5.41, 5.74) is 2.42. The van der Waals surface area contributed by atoms with Gasteiger partial charge in [0.25, 0.3) is 0 Å². The number of rotatable bonds is 10. The number of anilines is 1. The molecule has 1 aromatic carbocycles. The number of halogens is 1. The first-order valence-corrected chi connectivity index (χ1v) is 15.7. The second kappa shape index (κ2) is 11.8. The summed E-state index contributed by atoms with van der Waals surface area (Å²) < 4.78 is 44.5. The van der Waals surface area contributed by atoms with Crippen molar-refractivity contribution in [3.63, 3.8) is 0 Å². The van der Waals surface area contributed by atoms with Crippen LogP contribution < -0.4 is 15.4 Å². The normalized spacial score (nSPS) is 13.1. The molecular formula is C28H28FN5O5S2. The lowest BCUT2D eigenvalue weighted by Gasteiger charge is -2.20. The summed E-state index contributed by atoms with van der Waals surface area (Å²) in [4.78, 5) is 35.2. The average Bonchev–Trinajstić information content (AvgIpc) is 3.61. The maximum absolute atomic E-state index is 14.8. The third-order valence-electron chi connectivity index (χ3n) is 6.33. The minimum atomic E-state index is -3.20. The average molecular weight is 598 g/mol. The van der Waals surface area contributed by atoms with Crippen molar-refractivity contribution in [1.29, 1.82) is 0 Å². The second-order valence-electron chi connectivity index (χ2n) is 9.88. The van der Waals surface area contributed by atoms with Crippen LogP contribution in [0.2, 0.25) is 0 Å². The van der Waals surface area contributed by atoms with Crippen molar-refractivity contribution in [3.8, 4) is 22.1 Å². The molecule has 2 N–H and O–H groups in total. The first kappa shape index (κ1) is 28.4. The highest BCUT2D eigenvalue weighted by Gasteiger charge is 2.23. The van der Waals surface area contributed by atoms with Crippen LogP contribution in [0.25, 0.3) is 20.8 Å². The minimum absolute atomic E-state index is 0.00831. The SMILES string of the molecule is CC(=O)N(CCS(C)(=O)=O)Cc1ccc(-c2cc3nccc(Oc4ccc(NC(=O)NC5CC5)cc4F)c3s2)nc1. The second-order valence-corrected chi connectivity index (χ2v) is 13.2. The fourth-order valence-corrected chi connectivity index (χ4v) is 5.58. The van der Waals surface area contributed by atoms with Gasteiger partial charge in [-0.1, -0.05) is 6.07 Å². The number of fused-ring (bicyclic) bond motifs is 1. The van der Waals surface area contributed by atoms with Crippen LogP contribution >= 0.6 is 11.3 Å². The third-order valence-corrected chi connectivity index (χ3v) is 8.41. The van der Waals surface area contributed by atoms with E-state index in [1.165, 1.54) is 35.3 Å². The Labute approximate surface area is 240 Å². The highest BCUT2D eigenvalue weighted by atomic mass is 32.2. The van der Waals surface area contributed by atoms with E-state index >= 15 is 0 Å². The largest absolute Gasteiger partial charge is 0.453 e. The number of urea groups is 1. The molecule has 3 heterocycles. The molecule has 0 unspecified atom stereocenters. The number of nitrogens with one attached hydrogen (secondary N) is 2. The smallest absolute Gasteiger partial charge is 0.319 e. The Morgan fingerprint density at radius 3 is 2.59 bits per heavy atom. The van der Waals surface area contributed by atoms with Gasteiger partial charge in [-0.2, -0.15) is 0 Å². The standard InChI is InChI=1S/C28H28FN5O5S2/c1-17(35)34(11-12-41(2,37)38)16-18-3-7-22(31-15-18)26-14-23-27(40-26)25(9-10-30-23)39-24-8-6-20(13-21(24)29)33-28(36)32-19-4-5-19/h3,6-10,13-15,19H,4-5,11-12,16H2,1-2H3,(H2,32,33,36). The molecule has 4 aromatic rings. The number of sulfone groups is 1. The number of ether oxygens (including phenoxy) is 1. The Morgan fingerprint density at radius 2 is 1.93 bits per heavy atom. The van der Waals surface area contributed by atoms with Crippen LogP contribution in [0.5, 0.6) is 11.5 Å². The fraction of sp³-hybridized carbons (Fsp3) is 0.286. The van der Waals surface area contributed by atoms with E-state index in [-0.39, 0.29) is 42.6 Å². The number of pyridine rings is 2. The minimum Gasteiger partial charge on any atom is -0.453 e. The monoisotopic (exact) mass is 597 g/mol. The molecule has 5 rings (SSSR count). The predicted molar refractivity (Wildman–Crippen MR) is 155 cm³/mol. The van der Waals surface area contributed by atoms with Gasteiger partial charge in [0.15, 0.2) is 11.6 Å². The van der Waals surface area contributed by atoms with Gasteiger partial charge in [-0.3, -0.25) is 14.8 Å². The van der Waals surface area contributed by atoms with E-state index in [2.05, 4.69) is 20.6 Å². The molecule has 0 aliphatic heterocycles. The first-order valence-electron chi connectivity index (χ1n) is 12.9. The Hall–Kier alpha value is -4.10. The Balaban J connectivity index is 1.29. The Kier molecular flexibility index (Phi) is 8.18. The summed E-state index contributed by atoms with van der Waals surface area (Å²) in [5.74, 6) is -0.516. The molecule has 10 nitrogen and oxygen atoms in total. The summed E-state index contributed by atoms with van der Waals surface area (Å²) >= 11 is 1.39. The molecular weight excluding hydrogens is 569 g/mol. The van der Waals surface area contributed by atoms with E-state index in [9.17, 15) is 22.4 Å². The molecule has 214 valence electrons. The highest BCUT2D eigenvalue weighted by molar-refractivity contribution is 7.90. The van der Waals surface area contributed by atoms with Crippen molar-refractivity contribution in [1.82, 2.24) is 20.2 Å². The number of nitrogens with zero attached hydrogens (tertiary/aromatic N) is 3. The lowest BCUT2D eigenvalue weighted by Crippen LogP contribution is -2.32. The zero-order valence-corrected chi connectivity index (χ0v) is 24.0. The maximum atomic E-state index is 14.8. The van der Waals surface area contributed by atoms with Crippen LogP contribution in [-0.4, -0.2) is 59.8 Å². The van der Waals surface area contributed by atoms with Crippen LogP contribution in [0.1, 0.15) is 25.3 Å². The van der Waals surface area contributed by atoms with Crippen molar-refractivity contribution in [2.45, 2.75) is 32.4 Å². The molecule has 3 aromatic heterocycles. The number of benzene rings is 1. The predicted octanol–water partition coefficient (Wildman–Crippen LogP) is 4.97. The molecule has 3 amide bonds. The van der Waals surface area contributed by atoms with Crippen LogP contribution in [-0.2, 0) is 21.2 Å². The molecule has 1 saturated carbocycles. The first-order chi connectivity index (χ1) is 19.5. The number of aromatic nitrogens is 2. The molecule has 1 fully saturated rings. The fourth-order valence-electron chi connectivity index (χ4n) is 3.99. The van der Waals surface area contributed by atoms with E-state index in [0.29, 0.717) is 27.3 Å². The van der Waals surface area contributed by atoms with Crippen molar-refractivity contribution < 1.29 is 27.1 Å². The van der Waals surface area contributed by atoms with E-state index in [4.69, 9.17) is 4.74 Å². The molecule has 1 aliphatic rings. The van der Waals surface area contributed by atoms with E-state index in [1.54, 1.807) is 24.5 Å². The van der Waals surface area contributed by atoms with Gasteiger partial charge in [0.1, 0.15) is 15.6 Å². The molecule has 0 atom stereocenters. The van der Waals surface area contributed by atoms with Gasteiger partial charge in [-0.05, 0) is 42.7 Å². The number of amides is 3. The number of hydrogen-bond acceptors (Lipinski definition) is 8. The summed E-state index contributed by atoms with van der Waals surface area (Å²) in [6.07, 6.45) is 6.27. The lowest BCUT2D eigenvalue weighted by molar-refractivity contribution is -0.129. The van der Waals surface area contributed by atoms with Crippen molar-refractivity contribution in [2.75, 3.05) is 23.9 Å². The number of thiophene rings is 1. The van der Waals surface area contributed by atoms with Crippen molar-refractivity contribution in [2.24, 2.45) is 0 Å². The third kappa shape index (κ3) is 7.55. The molecule has 0 saturated heterocycles. The Morgan fingerprint density at radius 1 is 1.12 bits per heavy atom. The van der Waals surface area contributed by atoms with E-state index in [0.717, 1.165) is 29.5 Å². The zero-order chi connectivity index (χ0) is 29.1. The highest BCUT2D eigenvalue weighted by Crippen LogP contribution is 2.39. The number of hydrogen-bond donors (Lipinski definition) is 2. The van der Waals surface area contributed by atoms with Crippen LogP contribution in [0.15, 0.2) is 54.9 Å². The molecule has 41 heavy (non-hydrogen) atoms. The van der Waals surface area contributed by atoms with Gasteiger partial charge in [0.2, 0.25) is 5.91 Å². The summed E-state index contributed by atoms with van der Waals surface area (Å²) in [7, 11) is -3.20. The van der Waals surface area contributed by atoms with Gasteiger partial charge in [0, 0.05) is 62.5 Å². The van der Waals surface area contributed by atoms with Crippen molar-refractivity contribution in [3.05, 3.63) is 66.2 Å². The van der Waals surface area contributed by atoms with Gasteiger partial charge >= 0.3 is 6.03 Å². The Bertz CT molecular complexity index is 1700. The van der Waals surface area contributed by atoms with Crippen LogP contribution in [0, 0.1) is 5.82 Å². The van der Waals surface area contributed by atoms with E-state index < -0.39 is 15.7 Å². The molecule has 0 spiro atoms. The topological polar surface area (TPSA) is 131 Å². The van der Waals surface area contributed by atoms with Crippen molar-refractivity contribution >= 4 is 49.0 Å². The molecule has 1 aliphatic carbocycles. The zero-order valence-electron chi connectivity index (χ0n) is 22.4. The number of carbonyl (C=O) groups is 2. The van der Waals surface area contributed by atoms with Gasteiger partial charge in [-0.15, -0.1) is 11.3 Å². The van der Waals surface area contributed by atoms with Crippen LogP contribution in [0.4, 0.5) is 14.9 Å². The summed E-state index contributed by atoms with van der Waals surface area (Å²) in [6, 6.07) is 11.2. The quantitative estimate of drug-likeness (QED) is 0.264. The molecule has 0 radical (unpaired) electrons. The summed E-state index contributed by atoms with van der Waals surface area (Å²) in [6.45, 7) is 1.75. The molecule has 13 heteroatoms. The van der Waals surface area contributed by atoms with Gasteiger partial charge in [0.05, 0.1) is 26.5 Å². The van der Waals surface area contributed by atoms with E-state index in [1.807, 2.05) is 18.2 Å². The maximum Gasteiger partial charge on any atom is 0.319 e. The van der Waals surface area contributed by atoms with Gasteiger partial charge < -0.3 is 20.3 Å². The lowest BCUT2D eigenvalue weighted by atomic mass is 10.2. The van der Waals surface area contributed by atoms with Gasteiger partial charge in [-0.25, -0.2) is 17.6 Å². The molecule has 0 bridgehead atoms. The van der Waals surface area contributed by atoms with Crippen LogP contribution in [0.3, 0.4) is 0 Å².